The maximum atomic E-state index is 12.7. The summed E-state index contributed by atoms with van der Waals surface area (Å²) in [6.45, 7) is 7.66. The lowest BCUT2D eigenvalue weighted by Gasteiger charge is -2.31. The van der Waals surface area contributed by atoms with Crippen LogP contribution in [-0.4, -0.2) is 75.3 Å². The first kappa shape index (κ1) is 31.2. The minimum Gasteiger partial charge on any atom is -0.469 e. The Kier molecular flexibility index (Phi) is 10.3. The first-order valence-electron chi connectivity index (χ1n) is 16.0. The molecule has 7 nitrogen and oxygen atoms in total. The monoisotopic (exact) mass is 635 g/mol. The second kappa shape index (κ2) is 14.5. The Bertz CT molecular complexity index is 1440. The van der Waals surface area contributed by atoms with Gasteiger partial charge in [0.2, 0.25) is 0 Å². The highest BCUT2D eigenvalue weighted by atomic mass is 35.5. The third kappa shape index (κ3) is 7.86. The van der Waals surface area contributed by atoms with E-state index >= 15 is 0 Å². The average Bonchev–Trinajstić information content (AvgIpc) is 3.50. The highest BCUT2D eigenvalue weighted by Crippen LogP contribution is 2.36. The molecule has 234 valence electrons. The molecule has 0 aliphatic carbocycles. The largest absolute Gasteiger partial charge is 0.469 e. The lowest BCUT2D eigenvalue weighted by Crippen LogP contribution is -2.43. The fraction of sp³-hybridized carbons (Fsp3) is 0.486. The molecule has 2 fully saturated rings. The number of piperazine rings is 1. The van der Waals surface area contributed by atoms with Gasteiger partial charge in [-0.2, -0.15) is 0 Å². The molecule has 4 heterocycles. The molecule has 0 amide bonds. The van der Waals surface area contributed by atoms with Crippen molar-refractivity contribution < 1.29 is 9.53 Å². The topological polar surface area (TPSA) is 69.7 Å². The Balaban J connectivity index is 1.20. The molecule has 2 aromatic carbocycles. The summed E-state index contributed by atoms with van der Waals surface area (Å²) in [5.41, 5.74) is 6.86. The van der Waals surface area contributed by atoms with Gasteiger partial charge in [-0.25, -0.2) is 4.98 Å². The summed E-state index contributed by atoms with van der Waals surface area (Å²) < 4.78 is 5.18. The molecule has 0 radical (unpaired) electrons. The van der Waals surface area contributed by atoms with Gasteiger partial charge in [-0.05, 0) is 103 Å². The highest BCUT2D eigenvalue weighted by Gasteiger charge is 2.28. The quantitative estimate of drug-likeness (QED) is 0.249. The van der Waals surface area contributed by atoms with Crippen molar-refractivity contribution in [2.75, 3.05) is 69.7 Å². The van der Waals surface area contributed by atoms with Gasteiger partial charge in [0.1, 0.15) is 5.82 Å². The summed E-state index contributed by atoms with van der Waals surface area (Å²) in [4.78, 5) is 22.6. The maximum absolute atomic E-state index is 12.7. The molecule has 0 saturated carbocycles. The van der Waals surface area contributed by atoms with Gasteiger partial charge in [0.15, 0.2) is 0 Å². The number of carbonyl (C=O) groups excluding carboxylic acids is 1. The second-order valence-electron chi connectivity index (χ2n) is 12.5. The molecule has 2 atom stereocenters. The number of pyridine rings is 1. The Hall–Kier alpha value is -2.84. The number of halogens is 2. The van der Waals surface area contributed by atoms with Crippen molar-refractivity contribution in [3.05, 3.63) is 75.4 Å². The number of likely N-dealkylation sites (tertiary alicyclic amines) is 1. The van der Waals surface area contributed by atoms with Crippen LogP contribution in [0.4, 0.5) is 11.5 Å². The summed E-state index contributed by atoms with van der Waals surface area (Å²) in [5.74, 6) is 1.52. The van der Waals surface area contributed by atoms with Crippen LogP contribution in [0.25, 0.3) is 11.1 Å². The van der Waals surface area contributed by atoms with Crippen molar-refractivity contribution in [3.63, 3.8) is 0 Å². The van der Waals surface area contributed by atoms with Crippen LogP contribution in [-0.2, 0) is 22.4 Å². The van der Waals surface area contributed by atoms with Gasteiger partial charge in [-0.1, -0.05) is 35.3 Å². The molecule has 9 heteroatoms. The van der Waals surface area contributed by atoms with E-state index < -0.39 is 0 Å². The average molecular weight is 637 g/mol. The predicted octanol–water partition coefficient (Wildman–Crippen LogP) is 6.42. The van der Waals surface area contributed by atoms with Gasteiger partial charge in [0.25, 0.3) is 0 Å². The van der Waals surface area contributed by atoms with Crippen LogP contribution < -0.4 is 15.5 Å². The molecule has 0 bridgehead atoms. The first-order chi connectivity index (χ1) is 21.4. The Morgan fingerprint density at radius 1 is 1.02 bits per heavy atom. The first-order valence-corrected chi connectivity index (χ1v) is 16.8. The number of ether oxygens (including phenoxy) is 1. The van der Waals surface area contributed by atoms with Crippen LogP contribution in [0.3, 0.4) is 0 Å². The lowest BCUT2D eigenvalue weighted by molar-refractivity contribution is -0.141. The van der Waals surface area contributed by atoms with Crippen molar-refractivity contribution in [1.82, 2.24) is 15.2 Å². The molecule has 0 spiro atoms. The molecular weight excluding hydrogens is 593 g/mol. The van der Waals surface area contributed by atoms with Crippen LogP contribution in [0, 0.1) is 5.92 Å². The molecule has 6 rings (SSSR count). The molecule has 3 aliphatic rings. The maximum Gasteiger partial charge on any atom is 0.306 e. The summed E-state index contributed by atoms with van der Waals surface area (Å²) >= 11 is 12.8. The number of aryl methyl sites for hydroxylation is 2. The molecule has 1 aromatic heterocycles. The molecule has 0 unspecified atom stereocenters. The van der Waals surface area contributed by atoms with Crippen LogP contribution in [0.15, 0.2) is 48.5 Å². The van der Waals surface area contributed by atoms with Gasteiger partial charge in [0, 0.05) is 73.2 Å². The summed E-state index contributed by atoms with van der Waals surface area (Å²) in [6.07, 6.45) is 5.93. The number of benzene rings is 2. The van der Waals surface area contributed by atoms with Gasteiger partial charge in [0.05, 0.1) is 13.5 Å². The molecular formula is C35H43Cl2N5O2. The minimum absolute atomic E-state index is 0.00542. The number of nitrogens with one attached hydrogen (secondary N) is 2. The van der Waals surface area contributed by atoms with E-state index in [0.717, 1.165) is 99.8 Å². The Morgan fingerprint density at radius 2 is 1.82 bits per heavy atom. The zero-order chi connectivity index (χ0) is 30.5. The predicted molar refractivity (Wildman–Crippen MR) is 180 cm³/mol. The minimum atomic E-state index is -0.183. The van der Waals surface area contributed by atoms with Gasteiger partial charge < -0.3 is 25.2 Å². The van der Waals surface area contributed by atoms with Crippen molar-refractivity contribution in [2.24, 2.45) is 5.92 Å². The number of anilines is 2. The van der Waals surface area contributed by atoms with E-state index in [9.17, 15) is 4.79 Å². The number of rotatable bonds is 10. The van der Waals surface area contributed by atoms with E-state index in [1.54, 1.807) is 6.07 Å². The van der Waals surface area contributed by atoms with E-state index in [1.807, 2.05) is 12.1 Å². The summed E-state index contributed by atoms with van der Waals surface area (Å²) in [5, 5.41) is 8.13. The number of methoxy groups -OCH3 is 1. The van der Waals surface area contributed by atoms with Crippen molar-refractivity contribution in [1.29, 1.82) is 0 Å². The smallest absolute Gasteiger partial charge is 0.306 e. The van der Waals surface area contributed by atoms with E-state index in [-0.39, 0.29) is 11.9 Å². The normalized spacial score (nSPS) is 19.3. The number of hydrogen-bond donors (Lipinski definition) is 2. The SMILES string of the molecule is COC(=O)C[C@H](CN1CC[C@@H](CCc2ccc3c(n2)NCCC3)C1)c1cc(-c2cc(Cl)cc(Cl)c2)cc(N2CCNCC2)c1. The zero-order valence-electron chi connectivity index (χ0n) is 25.6. The van der Waals surface area contributed by atoms with Crippen LogP contribution in [0.1, 0.15) is 48.4 Å². The van der Waals surface area contributed by atoms with Crippen LogP contribution >= 0.6 is 23.2 Å². The lowest BCUT2D eigenvalue weighted by atomic mass is 9.91. The molecule has 44 heavy (non-hydrogen) atoms. The van der Waals surface area contributed by atoms with Crippen molar-refractivity contribution in [3.8, 4) is 11.1 Å². The number of nitrogens with zero attached hydrogens (tertiary/aromatic N) is 3. The number of esters is 1. The van der Waals surface area contributed by atoms with E-state index in [2.05, 4.69) is 50.8 Å². The third-order valence-electron chi connectivity index (χ3n) is 9.34. The van der Waals surface area contributed by atoms with Gasteiger partial charge in [-0.3, -0.25) is 4.79 Å². The standard InChI is InChI=1S/C35H43Cl2N5O2/c1-44-34(43)20-29(23-41-12-8-24(22-41)4-6-32-7-5-25-3-2-9-39-35(25)40-32)27-15-26(28-16-30(36)21-31(37)17-28)18-33(19-27)42-13-10-38-11-14-42/h5,7,15-19,21,24,29,38H,2-4,6,8-14,20,22-23H2,1H3,(H,39,40)/t24-,29-/m1/s1. The molecule has 2 saturated heterocycles. The van der Waals surface area contributed by atoms with E-state index in [4.69, 9.17) is 32.9 Å². The number of aromatic nitrogens is 1. The molecule has 2 N–H and O–H groups in total. The third-order valence-corrected chi connectivity index (χ3v) is 9.78. The Morgan fingerprint density at radius 3 is 2.61 bits per heavy atom. The van der Waals surface area contributed by atoms with Crippen LogP contribution in [0.2, 0.25) is 10.0 Å². The summed E-state index contributed by atoms with van der Waals surface area (Å²) in [6, 6.07) is 16.9. The van der Waals surface area contributed by atoms with E-state index in [1.165, 1.54) is 31.2 Å². The summed E-state index contributed by atoms with van der Waals surface area (Å²) in [7, 11) is 1.48. The highest BCUT2D eigenvalue weighted by molar-refractivity contribution is 6.35. The van der Waals surface area contributed by atoms with Crippen LogP contribution in [0.5, 0.6) is 0 Å². The number of carbonyl (C=O) groups is 1. The molecule has 3 aromatic rings. The zero-order valence-corrected chi connectivity index (χ0v) is 27.1. The van der Waals surface area contributed by atoms with Gasteiger partial charge in [-0.15, -0.1) is 0 Å². The fourth-order valence-corrected chi connectivity index (χ4v) is 7.45. The number of fused-ring (bicyclic) bond motifs is 1. The van der Waals surface area contributed by atoms with Crippen molar-refractivity contribution >= 4 is 40.7 Å². The number of hydrogen-bond acceptors (Lipinski definition) is 7. The van der Waals surface area contributed by atoms with E-state index in [0.29, 0.717) is 22.4 Å². The van der Waals surface area contributed by atoms with Gasteiger partial charge >= 0.3 is 5.97 Å². The molecule has 3 aliphatic heterocycles. The Labute approximate surface area is 271 Å². The van der Waals surface area contributed by atoms with Crippen molar-refractivity contribution in [2.45, 2.75) is 44.4 Å². The second-order valence-corrected chi connectivity index (χ2v) is 13.4. The fourth-order valence-electron chi connectivity index (χ4n) is 6.92.